The highest BCUT2D eigenvalue weighted by atomic mass is 32.2. The van der Waals surface area contributed by atoms with Gasteiger partial charge >= 0.3 is 0 Å². The summed E-state index contributed by atoms with van der Waals surface area (Å²) in [6.07, 6.45) is 0.832. The van der Waals surface area contributed by atoms with Crippen molar-refractivity contribution in [3.05, 3.63) is 66.2 Å². The van der Waals surface area contributed by atoms with Crippen LogP contribution in [0.3, 0.4) is 0 Å². The summed E-state index contributed by atoms with van der Waals surface area (Å²) in [5, 5.41) is 0. The van der Waals surface area contributed by atoms with Crippen LogP contribution in [0.5, 0.6) is 0 Å². The van der Waals surface area contributed by atoms with Gasteiger partial charge in [0.2, 0.25) is 5.91 Å². The van der Waals surface area contributed by atoms with E-state index in [1.54, 1.807) is 4.90 Å². The summed E-state index contributed by atoms with van der Waals surface area (Å²) in [6.45, 7) is 0.493. The van der Waals surface area contributed by atoms with Crippen LogP contribution in [-0.2, 0) is 21.2 Å². The Morgan fingerprint density at radius 2 is 1.46 bits per heavy atom. The SMILES string of the molecule is O=C(C1CCS(=O)(=O)CC1)N(Cc1ccccc1)c1ccccc1. The number of benzene rings is 2. The Morgan fingerprint density at radius 3 is 2.04 bits per heavy atom. The fourth-order valence-corrected chi connectivity index (χ4v) is 4.52. The third kappa shape index (κ3) is 4.03. The quantitative estimate of drug-likeness (QED) is 0.857. The Bertz CT molecular complexity index is 774. The molecule has 5 heteroatoms. The molecule has 0 aliphatic carbocycles. The lowest BCUT2D eigenvalue weighted by atomic mass is 10.00. The Kier molecular flexibility index (Phi) is 5.00. The molecule has 2 aromatic carbocycles. The van der Waals surface area contributed by atoms with Gasteiger partial charge in [-0.25, -0.2) is 8.42 Å². The molecule has 24 heavy (non-hydrogen) atoms. The van der Waals surface area contributed by atoms with E-state index in [-0.39, 0.29) is 23.3 Å². The number of hydrogen-bond donors (Lipinski definition) is 0. The number of rotatable bonds is 4. The lowest BCUT2D eigenvalue weighted by Crippen LogP contribution is -2.39. The first-order chi connectivity index (χ1) is 11.6. The monoisotopic (exact) mass is 343 g/mol. The molecular weight excluding hydrogens is 322 g/mol. The minimum atomic E-state index is -2.97. The van der Waals surface area contributed by atoms with E-state index in [2.05, 4.69) is 0 Å². The number of nitrogens with zero attached hydrogens (tertiary/aromatic N) is 1. The molecule has 4 nitrogen and oxygen atoms in total. The third-order valence-corrected chi connectivity index (χ3v) is 6.14. The normalized spacial score (nSPS) is 17.3. The summed E-state index contributed by atoms with van der Waals surface area (Å²) < 4.78 is 23.2. The first-order valence-corrected chi connectivity index (χ1v) is 9.98. The van der Waals surface area contributed by atoms with Crippen LogP contribution in [0.25, 0.3) is 0 Å². The Balaban J connectivity index is 1.83. The van der Waals surface area contributed by atoms with Crippen molar-refractivity contribution >= 4 is 21.4 Å². The van der Waals surface area contributed by atoms with Crippen LogP contribution in [0.1, 0.15) is 18.4 Å². The maximum atomic E-state index is 13.0. The molecule has 1 amide bonds. The number of hydrogen-bond acceptors (Lipinski definition) is 3. The Morgan fingerprint density at radius 1 is 0.917 bits per heavy atom. The van der Waals surface area contributed by atoms with Gasteiger partial charge < -0.3 is 4.90 Å². The largest absolute Gasteiger partial charge is 0.308 e. The van der Waals surface area contributed by atoms with Crippen molar-refractivity contribution < 1.29 is 13.2 Å². The number of anilines is 1. The smallest absolute Gasteiger partial charge is 0.230 e. The molecule has 0 aromatic heterocycles. The molecule has 0 spiro atoms. The third-order valence-electron chi connectivity index (χ3n) is 4.42. The lowest BCUT2D eigenvalue weighted by molar-refractivity contribution is -0.122. The molecule has 0 atom stereocenters. The summed E-state index contributed by atoms with van der Waals surface area (Å²) in [6, 6.07) is 19.4. The molecule has 1 heterocycles. The number of para-hydroxylation sites is 1. The summed E-state index contributed by atoms with van der Waals surface area (Å²) >= 11 is 0. The van der Waals surface area contributed by atoms with Gasteiger partial charge in [-0.05, 0) is 30.5 Å². The van der Waals surface area contributed by atoms with E-state index in [4.69, 9.17) is 0 Å². The summed E-state index contributed by atoms with van der Waals surface area (Å²) in [7, 11) is -2.97. The van der Waals surface area contributed by atoms with Gasteiger partial charge in [0.1, 0.15) is 9.84 Å². The van der Waals surface area contributed by atoms with Gasteiger partial charge in [-0.3, -0.25) is 4.79 Å². The number of sulfone groups is 1. The van der Waals surface area contributed by atoms with Gasteiger partial charge in [0, 0.05) is 11.6 Å². The van der Waals surface area contributed by atoms with Gasteiger partial charge in [0.15, 0.2) is 0 Å². The Hall–Kier alpha value is -2.14. The molecule has 0 N–H and O–H groups in total. The van der Waals surface area contributed by atoms with E-state index in [0.29, 0.717) is 19.4 Å². The summed E-state index contributed by atoms with van der Waals surface area (Å²) in [5.41, 5.74) is 1.90. The van der Waals surface area contributed by atoms with Gasteiger partial charge in [-0.15, -0.1) is 0 Å². The zero-order valence-electron chi connectivity index (χ0n) is 13.5. The fraction of sp³-hybridized carbons (Fsp3) is 0.316. The second-order valence-corrected chi connectivity index (χ2v) is 8.48. The van der Waals surface area contributed by atoms with Crippen molar-refractivity contribution in [3.8, 4) is 0 Å². The average molecular weight is 343 g/mol. The van der Waals surface area contributed by atoms with Gasteiger partial charge in [0.25, 0.3) is 0 Å². The van der Waals surface area contributed by atoms with E-state index >= 15 is 0 Å². The number of amides is 1. The van der Waals surface area contributed by atoms with Gasteiger partial charge in [-0.2, -0.15) is 0 Å². The molecule has 1 aliphatic rings. The molecule has 0 saturated carbocycles. The minimum Gasteiger partial charge on any atom is -0.308 e. The summed E-state index contributed by atoms with van der Waals surface area (Å²) in [4.78, 5) is 14.8. The lowest BCUT2D eigenvalue weighted by Gasteiger charge is -2.29. The van der Waals surface area contributed by atoms with Gasteiger partial charge in [0.05, 0.1) is 18.1 Å². The fourth-order valence-electron chi connectivity index (χ4n) is 3.03. The molecule has 1 fully saturated rings. The van der Waals surface area contributed by atoms with Crippen molar-refractivity contribution in [1.82, 2.24) is 0 Å². The van der Waals surface area contributed by atoms with Gasteiger partial charge in [-0.1, -0.05) is 48.5 Å². The van der Waals surface area contributed by atoms with Crippen LogP contribution in [0.4, 0.5) is 5.69 Å². The van der Waals surface area contributed by atoms with Crippen molar-refractivity contribution in [2.75, 3.05) is 16.4 Å². The predicted molar refractivity (Wildman–Crippen MR) is 95.5 cm³/mol. The second-order valence-electron chi connectivity index (χ2n) is 6.17. The Labute approximate surface area is 143 Å². The van der Waals surface area contributed by atoms with E-state index in [1.165, 1.54) is 0 Å². The first-order valence-electron chi connectivity index (χ1n) is 8.16. The van der Waals surface area contributed by atoms with Crippen LogP contribution in [-0.4, -0.2) is 25.8 Å². The van der Waals surface area contributed by atoms with E-state index in [1.807, 2.05) is 60.7 Å². The minimum absolute atomic E-state index is 0.0138. The topological polar surface area (TPSA) is 54.5 Å². The highest BCUT2D eigenvalue weighted by molar-refractivity contribution is 7.91. The molecule has 126 valence electrons. The number of carbonyl (C=O) groups excluding carboxylic acids is 1. The zero-order chi connectivity index (χ0) is 17.0. The summed E-state index contributed by atoms with van der Waals surface area (Å²) in [5.74, 6) is 0.00627. The highest BCUT2D eigenvalue weighted by Gasteiger charge is 2.31. The molecule has 0 unspecified atom stereocenters. The molecular formula is C19H21NO3S. The molecule has 1 aliphatic heterocycles. The zero-order valence-corrected chi connectivity index (χ0v) is 14.3. The molecule has 2 aromatic rings. The maximum absolute atomic E-state index is 13.0. The van der Waals surface area contributed by atoms with Crippen LogP contribution in [0, 0.1) is 5.92 Å². The van der Waals surface area contributed by atoms with Crippen LogP contribution < -0.4 is 4.90 Å². The van der Waals surface area contributed by atoms with E-state index in [0.717, 1.165) is 11.3 Å². The van der Waals surface area contributed by atoms with Crippen LogP contribution in [0.2, 0.25) is 0 Å². The second kappa shape index (κ2) is 7.18. The van der Waals surface area contributed by atoms with E-state index in [9.17, 15) is 13.2 Å². The highest BCUT2D eigenvalue weighted by Crippen LogP contribution is 2.25. The van der Waals surface area contributed by atoms with E-state index < -0.39 is 9.84 Å². The molecule has 1 saturated heterocycles. The van der Waals surface area contributed by atoms with Crippen molar-refractivity contribution in [2.45, 2.75) is 19.4 Å². The number of carbonyl (C=O) groups is 1. The molecule has 0 radical (unpaired) electrons. The average Bonchev–Trinajstić information content (AvgIpc) is 2.61. The van der Waals surface area contributed by atoms with Crippen LogP contribution in [0.15, 0.2) is 60.7 Å². The van der Waals surface area contributed by atoms with Crippen LogP contribution >= 0.6 is 0 Å². The van der Waals surface area contributed by atoms with Crippen molar-refractivity contribution in [3.63, 3.8) is 0 Å². The standard InChI is InChI=1S/C19H21NO3S/c21-19(17-11-13-24(22,23)14-12-17)20(18-9-5-2-6-10-18)15-16-7-3-1-4-8-16/h1-10,17H,11-15H2. The van der Waals surface area contributed by atoms with Crippen molar-refractivity contribution in [2.24, 2.45) is 5.92 Å². The molecule has 3 rings (SSSR count). The first kappa shape index (κ1) is 16.7. The van der Waals surface area contributed by atoms with Crippen molar-refractivity contribution in [1.29, 1.82) is 0 Å². The maximum Gasteiger partial charge on any atom is 0.230 e. The molecule has 0 bridgehead atoms. The predicted octanol–water partition coefficient (Wildman–Crippen LogP) is 3.04.